The van der Waals surface area contributed by atoms with E-state index in [4.69, 9.17) is 0 Å². The van der Waals surface area contributed by atoms with Gasteiger partial charge in [0, 0.05) is 30.7 Å². The molecule has 4 rings (SSSR count). The second-order valence-corrected chi connectivity index (χ2v) is 15.6. The molecule has 3 fully saturated rings. The molecule has 0 heterocycles. The summed E-state index contributed by atoms with van der Waals surface area (Å²) in [5.74, 6) is 0.999. The lowest BCUT2D eigenvalue weighted by atomic mass is 9.35. The zero-order valence-corrected chi connectivity index (χ0v) is 25.8. The number of nitrogens with zero attached hydrogens (tertiary/aromatic N) is 1. The molecule has 0 aromatic carbocycles. The van der Waals surface area contributed by atoms with Gasteiger partial charge in [0.2, 0.25) is 5.91 Å². The number of carbonyl (C=O) groups is 3. The third-order valence-corrected chi connectivity index (χ3v) is 12.6. The molecule has 4 aliphatic rings. The van der Waals surface area contributed by atoms with Crippen LogP contribution >= 0.6 is 0 Å². The highest BCUT2D eigenvalue weighted by Crippen LogP contribution is 2.72. The number of hydrogen-bond donors (Lipinski definition) is 1. The van der Waals surface area contributed by atoms with E-state index >= 15 is 0 Å². The first kappa shape index (κ1) is 30.0. The van der Waals surface area contributed by atoms with Crippen LogP contribution in [0, 0.1) is 62.1 Å². The summed E-state index contributed by atoms with van der Waals surface area (Å²) in [6.45, 7) is 18.4. The van der Waals surface area contributed by atoms with Crippen molar-refractivity contribution in [2.24, 2.45) is 50.7 Å². The molecular formula is C34H52N2O3. The van der Waals surface area contributed by atoms with Gasteiger partial charge in [0.1, 0.15) is 11.9 Å². The summed E-state index contributed by atoms with van der Waals surface area (Å²) in [6, 6.07) is 2.22. The van der Waals surface area contributed by atoms with Crippen LogP contribution in [0.3, 0.4) is 0 Å². The molecule has 39 heavy (non-hydrogen) atoms. The Kier molecular flexibility index (Phi) is 7.81. The number of allylic oxidation sites excluding steroid dienone is 2. The van der Waals surface area contributed by atoms with E-state index in [1.165, 1.54) is 0 Å². The standard InChI is InChI=1S/C34H52N2O3/c1-9-36-28(38)18-22-10-14-30(2,3)15-12-24-25(37)19-27-32(6)20-23(21-35)29(39)31(4,5)26(32)13-17-34(27,8)33(24,7)16-11-22/h20,22,24,26-27H,9-19H2,1-8H3,(H,36,38)/t22-,24?,26-,27+,32-,33+,34+/m0/s1. The molecule has 1 unspecified atom stereocenters. The molecule has 7 atom stereocenters. The average Bonchev–Trinajstić information content (AvgIpc) is 2.84. The Morgan fingerprint density at radius 2 is 1.54 bits per heavy atom. The van der Waals surface area contributed by atoms with Crippen molar-refractivity contribution < 1.29 is 14.4 Å². The maximum atomic E-state index is 14.2. The number of nitrogens with one attached hydrogen (secondary N) is 1. The van der Waals surface area contributed by atoms with Gasteiger partial charge in [-0.1, -0.05) is 54.5 Å². The zero-order valence-electron chi connectivity index (χ0n) is 25.8. The maximum absolute atomic E-state index is 14.2. The van der Waals surface area contributed by atoms with Gasteiger partial charge in [-0.15, -0.1) is 0 Å². The van der Waals surface area contributed by atoms with E-state index in [1.807, 2.05) is 26.8 Å². The summed E-state index contributed by atoms with van der Waals surface area (Å²) in [6.07, 6.45) is 11.0. The van der Waals surface area contributed by atoms with E-state index in [1.54, 1.807) is 0 Å². The summed E-state index contributed by atoms with van der Waals surface area (Å²) in [4.78, 5) is 40.1. The van der Waals surface area contributed by atoms with Crippen molar-refractivity contribution in [3.05, 3.63) is 11.6 Å². The molecule has 0 aromatic heterocycles. The molecule has 1 amide bonds. The number of carbonyl (C=O) groups excluding carboxylic acids is 3. The van der Waals surface area contributed by atoms with Crippen molar-refractivity contribution in [3.63, 3.8) is 0 Å². The van der Waals surface area contributed by atoms with Crippen LogP contribution in [0.4, 0.5) is 0 Å². The number of hydrogen-bond acceptors (Lipinski definition) is 4. The van der Waals surface area contributed by atoms with Gasteiger partial charge >= 0.3 is 0 Å². The lowest BCUT2D eigenvalue weighted by Gasteiger charge is -2.68. The molecule has 4 aliphatic carbocycles. The lowest BCUT2D eigenvalue weighted by molar-refractivity contribution is -0.191. The van der Waals surface area contributed by atoms with Crippen LogP contribution in [-0.4, -0.2) is 24.0 Å². The second-order valence-electron chi connectivity index (χ2n) is 15.6. The highest BCUT2D eigenvalue weighted by atomic mass is 16.1. The Morgan fingerprint density at radius 3 is 2.18 bits per heavy atom. The van der Waals surface area contributed by atoms with Crippen molar-refractivity contribution in [3.8, 4) is 6.07 Å². The normalized spacial score (nSPS) is 41.7. The molecule has 0 aromatic rings. The average molecular weight is 537 g/mol. The monoisotopic (exact) mass is 536 g/mol. The van der Waals surface area contributed by atoms with Gasteiger partial charge in [0.25, 0.3) is 0 Å². The topological polar surface area (TPSA) is 87.0 Å². The van der Waals surface area contributed by atoms with Crippen LogP contribution in [0.25, 0.3) is 0 Å². The third-order valence-electron chi connectivity index (χ3n) is 12.6. The van der Waals surface area contributed by atoms with Gasteiger partial charge in [0.05, 0.1) is 5.57 Å². The Labute approximate surface area is 236 Å². The van der Waals surface area contributed by atoms with Crippen molar-refractivity contribution >= 4 is 17.5 Å². The van der Waals surface area contributed by atoms with Gasteiger partial charge in [-0.3, -0.25) is 14.4 Å². The zero-order chi connectivity index (χ0) is 29.0. The number of nitriles is 1. The SMILES string of the molecule is CCNC(=O)C[C@H]1CCC(C)(C)CCC2C(=O)C[C@@H]3[C@@]4(C)C=C(C#N)C(=O)C(C)(C)[C@@H]4CC[C@@]3(C)[C@]2(C)CC1. The third kappa shape index (κ3) is 4.82. The van der Waals surface area contributed by atoms with Crippen molar-refractivity contribution in [1.82, 2.24) is 5.32 Å². The Bertz CT molecular complexity index is 1100. The first-order valence-electron chi connectivity index (χ1n) is 15.5. The molecule has 5 nitrogen and oxygen atoms in total. The van der Waals surface area contributed by atoms with Crippen molar-refractivity contribution in [2.45, 2.75) is 120 Å². The van der Waals surface area contributed by atoms with E-state index < -0.39 is 5.41 Å². The Morgan fingerprint density at radius 1 is 0.923 bits per heavy atom. The Balaban J connectivity index is 1.78. The Hall–Kier alpha value is -1.96. The van der Waals surface area contributed by atoms with Gasteiger partial charge in [-0.25, -0.2) is 0 Å². The molecule has 0 radical (unpaired) electrons. The summed E-state index contributed by atoms with van der Waals surface area (Å²) < 4.78 is 0. The molecular weight excluding hydrogens is 484 g/mol. The second kappa shape index (κ2) is 10.1. The molecule has 3 saturated carbocycles. The van der Waals surface area contributed by atoms with Gasteiger partial charge < -0.3 is 5.32 Å². The molecule has 216 valence electrons. The number of ketones is 2. The van der Waals surface area contributed by atoms with Gasteiger partial charge in [-0.05, 0) is 97.7 Å². The minimum atomic E-state index is -0.616. The summed E-state index contributed by atoms with van der Waals surface area (Å²) in [7, 11) is 0. The maximum Gasteiger partial charge on any atom is 0.220 e. The van der Waals surface area contributed by atoms with Crippen LogP contribution < -0.4 is 5.32 Å². The molecule has 0 bridgehead atoms. The fourth-order valence-corrected chi connectivity index (χ4v) is 9.97. The first-order chi connectivity index (χ1) is 18.1. The highest BCUT2D eigenvalue weighted by molar-refractivity contribution is 6.04. The molecule has 1 N–H and O–H groups in total. The van der Waals surface area contributed by atoms with E-state index in [2.05, 4.69) is 46.0 Å². The van der Waals surface area contributed by atoms with Crippen LogP contribution in [0.2, 0.25) is 0 Å². The minimum Gasteiger partial charge on any atom is -0.356 e. The van der Waals surface area contributed by atoms with E-state index in [-0.39, 0.29) is 56.7 Å². The number of rotatable bonds is 3. The van der Waals surface area contributed by atoms with Crippen LogP contribution in [0.5, 0.6) is 0 Å². The first-order valence-corrected chi connectivity index (χ1v) is 15.5. The number of fused-ring (bicyclic) bond motifs is 5. The van der Waals surface area contributed by atoms with E-state index in [9.17, 15) is 19.6 Å². The smallest absolute Gasteiger partial charge is 0.220 e. The minimum absolute atomic E-state index is 0.0130. The van der Waals surface area contributed by atoms with E-state index in [0.717, 1.165) is 51.4 Å². The molecule has 0 aliphatic heterocycles. The molecule has 0 saturated heterocycles. The van der Waals surface area contributed by atoms with Crippen molar-refractivity contribution in [1.29, 1.82) is 5.26 Å². The lowest BCUT2D eigenvalue weighted by Crippen LogP contribution is -2.65. The van der Waals surface area contributed by atoms with Crippen LogP contribution in [-0.2, 0) is 14.4 Å². The molecule has 5 heteroatoms. The quantitative estimate of drug-likeness (QED) is 0.413. The predicted octanol–water partition coefficient (Wildman–Crippen LogP) is 7.20. The summed E-state index contributed by atoms with van der Waals surface area (Å²) >= 11 is 0. The predicted molar refractivity (Wildman–Crippen MR) is 154 cm³/mol. The van der Waals surface area contributed by atoms with Crippen LogP contribution in [0.15, 0.2) is 11.6 Å². The number of amides is 1. The van der Waals surface area contributed by atoms with Gasteiger partial charge in [0.15, 0.2) is 5.78 Å². The number of Topliss-reactive ketones (excluding diaryl/α,β-unsaturated/α-hetero) is 2. The fraction of sp³-hybridized carbons (Fsp3) is 0.824. The fourth-order valence-electron chi connectivity index (χ4n) is 9.97. The largest absolute Gasteiger partial charge is 0.356 e. The summed E-state index contributed by atoms with van der Waals surface area (Å²) in [5, 5.41) is 12.9. The molecule has 0 spiro atoms. The van der Waals surface area contributed by atoms with Gasteiger partial charge in [-0.2, -0.15) is 5.26 Å². The van der Waals surface area contributed by atoms with Crippen LogP contribution in [0.1, 0.15) is 120 Å². The summed E-state index contributed by atoms with van der Waals surface area (Å²) in [5.41, 5.74) is -0.873. The van der Waals surface area contributed by atoms with E-state index in [0.29, 0.717) is 31.1 Å². The highest BCUT2D eigenvalue weighted by Gasteiger charge is 2.68. The van der Waals surface area contributed by atoms with Crippen molar-refractivity contribution in [2.75, 3.05) is 6.54 Å².